The molecule has 10 nitrogen and oxygen atoms in total. The van der Waals surface area contributed by atoms with E-state index >= 15 is 0 Å². The molecule has 2 aliphatic carbocycles. The van der Waals surface area contributed by atoms with Crippen molar-refractivity contribution in [3.63, 3.8) is 0 Å². The van der Waals surface area contributed by atoms with E-state index in [1.807, 2.05) is 86.7 Å². The Bertz CT molecular complexity index is 1350. The molecule has 5 rings (SSSR count). The summed E-state index contributed by atoms with van der Waals surface area (Å²) in [5, 5.41) is 6.15. The fraction of sp³-hybridized carbons (Fsp3) is 0.424. The van der Waals surface area contributed by atoms with Crippen LogP contribution in [0.25, 0.3) is 0 Å². The first kappa shape index (κ1) is 30.2. The molecule has 4 amide bonds. The Kier molecular flexibility index (Phi) is 9.35. The number of hydrogen-bond donors (Lipinski definition) is 2. The van der Waals surface area contributed by atoms with E-state index in [-0.39, 0.29) is 30.8 Å². The lowest BCUT2D eigenvalue weighted by Crippen LogP contribution is -2.53. The fourth-order valence-corrected chi connectivity index (χ4v) is 6.21. The third kappa shape index (κ3) is 7.02. The molecule has 1 heterocycles. The molecule has 2 fully saturated rings. The third-order valence-electron chi connectivity index (χ3n) is 8.28. The van der Waals surface area contributed by atoms with Gasteiger partial charge < -0.3 is 15.4 Å². The highest BCUT2D eigenvalue weighted by atomic mass is 16.7. The number of carbonyl (C=O) groups is 5. The van der Waals surface area contributed by atoms with Crippen molar-refractivity contribution in [1.82, 2.24) is 15.7 Å². The zero-order chi connectivity index (χ0) is 30.5. The Hall–Kier alpha value is -4.31. The number of amides is 4. The lowest BCUT2D eigenvalue weighted by Gasteiger charge is -2.24. The Labute approximate surface area is 250 Å². The molecule has 6 atom stereocenters. The number of ether oxygens (including phenoxy) is 1. The van der Waals surface area contributed by atoms with Gasteiger partial charge in [0, 0.05) is 0 Å². The first-order chi connectivity index (χ1) is 20.7. The first-order valence-corrected chi connectivity index (χ1v) is 14.7. The minimum absolute atomic E-state index is 0.0191. The van der Waals surface area contributed by atoms with Gasteiger partial charge in [-0.3, -0.25) is 24.0 Å². The van der Waals surface area contributed by atoms with E-state index in [0.717, 1.165) is 22.6 Å². The SMILES string of the molecule is CC(C)CC(NC(=O)OCc1ccccc1)C(=O)NC(Cc1ccccc1)C(=O)CON1C(=O)C2C3C=CC(C3)C2C1=O. The Balaban J connectivity index is 1.23. The molecule has 3 aliphatic rings. The van der Waals surface area contributed by atoms with E-state index in [1.54, 1.807) is 0 Å². The predicted octanol–water partition coefficient (Wildman–Crippen LogP) is 3.36. The van der Waals surface area contributed by atoms with Crippen LogP contribution in [0.1, 0.15) is 37.8 Å². The van der Waals surface area contributed by atoms with E-state index in [0.29, 0.717) is 6.42 Å². The second kappa shape index (κ2) is 13.3. The van der Waals surface area contributed by atoms with Crippen LogP contribution in [0, 0.1) is 29.6 Å². The minimum atomic E-state index is -1.03. The van der Waals surface area contributed by atoms with Gasteiger partial charge in [0.15, 0.2) is 5.78 Å². The Morgan fingerprint density at radius 3 is 2.00 bits per heavy atom. The summed E-state index contributed by atoms with van der Waals surface area (Å²) in [5.41, 5.74) is 1.60. The number of hydrogen-bond acceptors (Lipinski definition) is 7. The second-order valence-corrected chi connectivity index (χ2v) is 11.8. The van der Waals surface area contributed by atoms with Gasteiger partial charge in [-0.15, -0.1) is 0 Å². The lowest BCUT2D eigenvalue weighted by molar-refractivity contribution is -0.191. The first-order valence-electron chi connectivity index (χ1n) is 14.7. The van der Waals surface area contributed by atoms with Gasteiger partial charge in [-0.25, -0.2) is 4.79 Å². The van der Waals surface area contributed by atoms with Crippen LogP contribution in [0.3, 0.4) is 0 Å². The monoisotopic (exact) mass is 587 g/mol. The summed E-state index contributed by atoms with van der Waals surface area (Å²) in [6.45, 7) is 3.30. The van der Waals surface area contributed by atoms with Gasteiger partial charge in [-0.2, -0.15) is 5.06 Å². The van der Waals surface area contributed by atoms with E-state index in [1.165, 1.54) is 0 Å². The van der Waals surface area contributed by atoms with Crippen molar-refractivity contribution >= 4 is 29.6 Å². The summed E-state index contributed by atoms with van der Waals surface area (Å²) in [6, 6.07) is 16.3. The molecule has 226 valence electrons. The lowest BCUT2D eigenvalue weighted by atomic mass is 9.85. The number of nitrogens with zero attached hydrogens (tertiary/aromatic N) is 1. The van der Waals surface area contributed by atoms with Crippen LogP contribution < -0.4 is 10.6 Å². The molecule has 2 aromatic carbocycles. The molecule has 2 aromatic rings. The van der Waals surface area contributed by atoms with E-state index in [4.69, 9.17) is 9.57 Å². The summed E-state index contributed by atoms with van der Waals surface area (Å²) >= 11 is 0. The van der Waals surface area contributed by atoms with Crippen LogP contribution >= 0.6 is 0 Å². The summed E-state index contributed by atoms with van der Waals surface area (Å²) in [5.74, 6) is -2.69. The van der Waals surface area contributed by atoms with Crippen LogP contribution in [0.15, 0.2) is 72.8 Å². The summed E-state index contributed by atoms with van der Waals surface area (Å²) in [4.78, 5) is 71.0. The van der Waals surface area contributed by atoms with Crippen molar-refractivity contribution in [2.45, 2.75) is 51.8 Å². The average Bonchev–Trinajstić information content (AvgIpc) is 3.68. The molecule has 0 aromatic heterocycles. The average molecular weight is 588 g/mol. The molecule has 6 unspecified atom stereocenters. The number of alkyl carbamates (subject to hydrolysis) is 1. The van der Waals surface area contributed by atoms with Gasteiger partial charge in [0.05, 0.1) is 17.9 Å². The Morgan fingerprint density at radius 2 is 1.42 bits per heavy atom. The van der Waals surface area contributed by atoms with Gasteiger partial charge in [0.25, 0.3) is 11.8 Å². The summed E-state index contributed by atoms with van der Waals surface area (Å²) in [7, 11) is 0. The number of Topliss-reactive ketones (excluding diaryl/α,β-unsaturated/α-hetero) is 1. The largest absolute Gasteiger partial charge is 0.445 e. The van der Waals surface area contributed by atoms with Crippen molar-refractivity contribution in [2.75, 3.05) is 6.61 Å². The summed E-state index contributed by atoms with van der Waals surface area (Å²) < 4.78 is 5.31. The zero-order valence-corrected chi connectivity index (χ0v) is 24.3. The number of fused-ring (bicyclic) bond motifs is 5. The van der Waals surface area contributed by atoms with E-state index in [2.05, 4.69) is 10.6 Å². The molecule has 43 heavy (non-hydrogen) atoms. The number of benzene rings is 2. The standard InChI is InChI=1S/C33H37N3O7/c1-20(2)15-26(35-33(41)42-18-22-11-7-4-8-12-22)30(38)34-25(16-21-9-5-3-6-10-21)27(37)19-43-36-31(39)28-23-13-14-24(17-23)29(28)32(36)40/h3-14,20,23-26,28-29H,15-19H2,1-2H3,(H,34,38)(H,35,41). The number of allylic oxidation sites excluding steroid dienone is 2. The number of hydroxylamine groups is 2. The number of ketones is 1. The van der Waals surface area contributed by atoms with Crippen molar-refractivity contribution in [3.05, 3.63) is 83.9 Å². The third-order valence-corrected chi connectivity index (χ3v) is 8.28. The minimum Gasteiger partial charge on any atom is -0.445 e. The van der Waals surface area contributed by atoms with Crippen LogP contribution in [0.4, 0.5) is 4.79 Å². The zero-order valence-electron chi connectivity index (χ0n) is 24.3. The van der Waals surface area contributed by atoms with Crippen molar-refractivity contribution < 1.29 is 33.5 Å². The maximum absolute atomic E-state index is 13.5. The van der Waals surface area contributed by atoms with Crippen LogP contribution in [0.2, 0.25) is 0 Å². The maximum Gasteiger partial charge on any atom is 0.408 e. The highest BCUT2D eigenvalue weighted by Gasteiger charge is 2.60. The molecular weight excluding hydrogens is 550 g/mol. The maximum atomic E-state index is 13.5. The van der Waals surface area contributed by atoms with Crippen LogP contribution in [0.5, 0.6) is 0 Å². The van der Waals surface area contributed by atoms with Gasteiger partial charge in [-0.1, -0.05) is 86.7 Å². The number of rotatable bonds is 13. The van der Waals surface area contributed by atoms with Gasteiger partial charge in [0.2, 0.25) is 5.91 Å². The van der Waals surface area contributed by atoms with Crippen molar-refractivity contribution in [1.29, 1.82) is 0 Å². The number of carbonyl (C=O) groups excluding carboxylic acids is 5. The van der Waals surface area contributed by atoms with Crippen LogP contribution in [-0.4, -0.2) is 53.4 Å². The van der Waals surface area contributed by atoms with Gasteiger partial charge in [0.1, 0.15) is 19.3 Å². The van der Waals surface area contributed by atoms with Crippen molar-refractivity contribution in [2.24, 2.45) is 29.6 Å². The quantitative estimate of drug-likeness (QED) is 0.271. The molecular formula is C33H37N3O7. The fourth-order valence-electron chi connectivity index (χ4n) is 6.21. The van der Waals surface area contributed by atoms with Crippen molar-refractivity contribution in [3.8, 4) is 0 Å². The topological polar surface area (TPSA) is 131 Å². The van der Waals surface area contributed by atoms with E-state index < -0.39 is 60.1 Å². The molecule has 2 bridgehead atoms. The second-order valence-electron chi connectivity index (χ2n) is 11.8. The smallest absolute Gasteiger partial charge is 0.408 e. The predicted molar refractivity (Wildman–Crippen MR) is 156 cm³/mol. The highest BCUT2D eigenvalue weighted by molar-refractivity contribution is 6.05. The highest BCUT2D eigenvalue weighted by Crippen LogP contribution is 2.52. The molecule has 10 heteroatoms. The molecule has 1 aliphatic heterocycles. The number of imide groups is 1. The molecule has 1 saturated carbocycles. The van der Waals surface area contributed by atoms with Gasteiger partial charge in [-0.05, 0) is 48.1 Å². The van der Waals surface area contributed by atoms with Gasteiger partial charge >= 0.3 is 6.09 Å². The van der Waals surface area contributed by atoms with Crippen LogP contribution in [-0.2, 0) is 41.8 Å². The molecule has 2 N–H and O–H groups in total. The summed E-state index contributed by atoms with van der Waals surface area (Å²) in [6.07, 6.45) is 4.47. The Morgan fingerprint density at radius 1 is 0.837 bits per heavy atom. The normalized spacial score (nSPS) is 23.3. The number of nitrogens with one attached hydrogen (secondary N) is 2. The molecule has 1 saturated heterocycles. The molecule has 0 spiro atoms. The van der Waals surface area contributed by atoms with E-state index in [9.17, 15) is 24.0 Å². The molecule has 0 radical (unpaired) electrons.